The van der Waals surface area contributed by atoms with Gasteiger partial charge in [-0.25, -0.2) is 0 Å². The fourth-order valence-corrected chi connectivity index (χ4v) is 7.09. The largest absolute Gasteiger partial charge is 0.495 e. The molecule has 5 heteroatoms. The van der Waals surface area contributed by atoms with Crippen LogP contribution in [-0.4, -0.2) is 34.3 Å². The Balaban J connectivity index is 1.42. The highest BCUT2D eigenvalue weighted by Crippen LogP contribution is 2.52. The van der Waals surface area contributed by atoms with Gasteiger partial charge in [0.2, 0.25) is 0 Å². The number of hydrogen-bond acceptors (Lipinski definition) is 5. The van der Waals surface area contributed by atoms with Crippen LogP contribution < -0.4 is 19.3 Å². The van der Waals surface area contributed by atoms with Crippen LogP contribution in [0, 0.1) is 0 Å². The monoisotopic (exact) mass is 580 g/mol. The molecular formula is C39H36N2O3. The van der Waals surface area contributed by atoms with E-state index in [1.165, 1.54) is 19.3 Å². The summed E-state index contributed by atoms with van der Waals surface area (Å²) in [7, 11) is 5.89. The van der Waals surface area contributed by atoms with E-state index in [9.17, 15) is 0 Å². The molecule has 44 heavy (non-hydrogen) atoms. The molecule has 1 aromatic heterocycles. The number of methoxy groups -OCH3 is 1. The smallest absolute Gasteiger partial charge is 0.178 e. The second kappa shape index (κ2) is 10.4. The summed E-state index contributed by atoms with van der Waals surface area (Å²) in [4.78, 5) is 4.58. The van der Waals surface area contributed by atoms with Gasteiger partial charge in [-0.05, 0) is 72.5 Å². The third kappa shape index (κ3) is 4.06. The molecule has 0 radical (unpaired) electrons. The molecule has 8 rings (SSSR count). The Morgan fingerprint density at radius 1 is 0.773 bits per heavy atom. The Kier molecular flexibility index (Phi) is 6.30. The first-order valence-corrected chi connectivity index (χ1v) is 15.5. The van der Waals surface area contributed by atoms with Gasteiger partial charge in [0.05, 0.1) is 12.8 Å². The summed E-state index contributed by atoms with van der Waals surface area (Å²) in [6, 6.07) is 31.9. The molecule has 0 saturated carbocycles. The molecule has 0 spiro atoms. The van der Waals surface area contributed by atoms with Crippen LogP contribution in [0.15, 0.2) is 101 Å². The van der Waals surface area contributed by atoms with Crippen molar-refractivity contribution in [1.29, 1.82) is 0 Å². The van der Waals surface area contributed by atoms with E-state index in [1.54, 1.807) is 7.11 Å². The van der Waals surface area contributed by atoms with Gasteiger partial charge in [-0.1, -0.05) is 60.7 Å². The molecular weight excluding hydrogens is 544 g/mol. The number of piperidine rings is 1. The number of hydrogen-bond donors (Lipinski definition) is 0. The molecule has 3 heterocycles. The molecule has 0 aliphatic carbocycles. The van der Waals surface area contributed by atoms with Crippen LogP contribution >= 0.6 is 0 Å². The highest BCUT2D eigenvalue weighted by molar-refractivity contribution is 6.23. The fourth-order valence-electron chi connectivity index (χ4n) is 7.09. The van der Waals surface area contributed by atoms with Crippen molar-refractivity contribution in [3.8, 4) is 11.5 Å². The summed E-state index contributed by atoms with van der Waals surface area (Å²) in [6.45, 7) is 2.08. The predicted molar refractivity (Wildman–Crippen MR) is 181 cm³/mol. The van der Waals surface area contributed by atoms with Crippen molar-refractivity contribution < 1.29 is 13.9 Å². The van der Waals surface area contributed by atoms with E-state index in [4.69, 9.17) is 13.9 Å². The van der Waals surface area contributed by atoms with Crippen molar-refractivity contribution in [3.05, 3.63) is 114 Å². The molecule has 0 N–H and O–H groups in total. The SMILES string of the molecule is COc1cc2c3c(c4oc5ccccc5c4c2cc1N1CCCCC1)OC(c1ccccc1)(c1ccc(N(C)C)cc1)C=C3. The zero-order chi connectivity index (χ0) is 29.8. The van der Waals surface area contributed by atoms with Gasteiger partial charge in [0.25, 0.3) is 0 Å². The van der Waals surface area contributed by atoms with Gasteiger partial charge < -0.3 is 23.7 Å². The number of nitrogens with zero attached hydrogens (tertiary/aromatic N) is 2. The summed E-state index contributed by atoms with van der Waals surface area (Å²) < 4.78 is 20.1. The lowest BCUT2D eigenvalue weighted by Gasteiger charge is -2.37. The minimum absolute atomic E-state index is 0.750. The minimum atomic E-state index is -0.837. The highest BCUT2D eigenvalue weighted by atomic mass is 16.5. The van der Waals surface area contributed by atoms with Crippen molar-refractivity contribution in [2.24, 2.45) is 0 Å². The number of furan rings is 1. The lowest BCUT2D eigenvalue weighted by atomic mass is 9.82. The van der Waals surface area contributed by atoms with Gasteiger partial charge in [-0.15, -0.1) is 0 Å². The average Bonchev–Trinajstić information content (AvgIpc) is 3.48. The van der Waals surface area contributed by atoms with E-state index in [0.717, 1.165) is 85.4 Å². The zero-order valence-corrected chi connectivity index (χ0v) is 25.5. The Bertz CT molecular complexity index is 2040. The Morgan fingerprint density at radius 2 is 1.50 bits per heavy atom. The Hall–Kier alpha value is -4.90. The first-order valence-electron chi connectivity index (χ1n) is 15.5. The molecule has 220 valence electrons. The van der Waals surface area contributed by atoms with Crippen molar-refractivity contribution >= 4 is 50.2 Å². The predicted octanol–water partition coefficient (Wildman–Crippen LogP) is 9.15. The summed E-state index contributed by atoms with van der Waals surface area (Å²) in [5.41, 5.74) is 6.19. The molecule has 1 atom stereocenters. The second-order valence-corrected chi connectivity index (χ2v) is 12.1. The molecule has 6 aromatic rings. The van der Waals surface area contributed by atoms with Crippen LogP contribution in [-0.2, 0) is 5.60 Å². The van der Waals surface area contributed by atoms with Gasteiger partial charge in [-0.2, -0.15) is 0 Å². The van der Waals surface area contributed by atoms with Crippen LogP contribution in [0.4, 0.5) is 11.4 Å². The molecule has 5 aromatic carbocycles. The second-order valence-electron chi connectivity index (χ2n) is 12.1. The summed E-state index contributed by atoms with van der Waals surface area (Å²) in [5.74, 6) is 1.64. The number of anilines is 2. The maximum Gasteiger partial charge on any atom is 0.178 e. The van der Waals surface area contributed by atoms with Crippen molar-refractivity contribution in [2.75, 3.05) is 44.1 Å². The topological polar surface area (TPSA) is 38.1 Å². The Morgan fingerprint density at radius 3 is 2.25 bits per heavy atom. The highest BCUT2D eigenvalue weighted by Gasteiger charge is 2.39. The third-order valence-electron chi connectivity index (χ3n) is 9.38. The van der Waals surface area contributed by atoms with E-state index in [-0.39, 0.29) is 0 Å². The average molecular weight is 581 g/mol. The zero-order valence-electron chi connectivity index (χ0n) is 25.5. The third-order valence-corrected chi connectivity index (χ3v) is 9.38. The van der Waals surface area contributed by atoms with E-state index in [0.29, 0.717) is 0 Å². The van der Waals surface area contributed by atoms with Crippen LogP contribution in [0.5, 0.6) is 11.5 Å². The van der Waals surface area contributed by atoms with Crippen molar-refractivity contribution in [2.45, 2.75) is 24.9 Å². The van der Waals surface area contributed by atoms with Crippen molar-refractivity contribution in [3.63, 3.8) is 0 Å². The first kappa shape index (κ1) is 26.7. The summed E-state index contributed by atoms with van der Waals surface area (Å²) in [6.07, 6.45) is 8.10. The number of para-hydroxylation sites is 1. The minimum Gasteiger partial charge on any atom is -0.495 e. The maximum atomic E-state index is 7.32. The number of ether oxygens (including phenoxy) is 2. The lowest BCUT2D eigenvalue weighted by Crippen LogP contribution is -2.34. The van der Waals surface area contributed by atoms with Gasteiger partial charge in [-0.3, -0.25) is 0 Å². The van der Waals surface area contributed by atoms with E-state index in [2.05, 4.69) is 109 Å². The summed E-state index contributed by atoms with van der Waals surface area (Å²) >= 11 is 0. The van der Waals surface area contributed by atoms with E-state index >= 15 is 0 Å². The fraction of sp³-hybridized carbons (Fsp3) is 0.231. The summed E-state index contributed by atoms with van der Waals surface area (Å²) in [5, 5.41) is 4.41. The first-order chi connectivity index (χ1) is 21.6. The van der Waals surface area contributed by atoms with E-state index in [1.807, 2.05) is 18.2 Å². The molecule has 2 aliphatic rings. The maximum absolute atomic E-state index is 7.32. The van der Waals surface area contributed by atoms with Gasteiger partial charge in [0, 0.05) is 60.3 Å². The molecule has 1 unspecified atom stereocenters. The molecule has 1 saturated heterocycles. The van der Waals surface area contributed by atoms with Crippen LogP contribution in [0.3, 0.4) is 0 Å². The van der Waals surface area contributed by atoms with Crippen molar-refractivity contribution in [1.82, 2.24) is 0 Å². The number of fused-ring (bicyclic) bond motifs is 8. The standard InChI is InChI=1S/C39H36N2O3/c1-40(2)28-18-16-27(17-19-28)39(26-12-6-4-7-13-26)21-20-29-31-25-35(42-3)33(41-22-10-5-11-23-41)24-32(31)36-30-14-8-9-15-34(30)43-38(36)37(29)44-39/h4,6-9,12-21,24-25H,5,10-11,22-23H2,1-3H3. The number of rotatable bonds is 5. The molecule has 0 bridgehead atoms. The normalized spacial score (nSPS) is 18.0. The lowest BCUT2D eigenvalue weighted by molar-refractivity contribution is 0.162. The van der Waals surface area contributed by atoms with E-state index < -0.39 is 5.60 Å². The van der Waals surface area contributed by atoms with Crippen LogP contribution in [0.1, 0.15) is 36.0 Å². The molecule has 2 aliphatic heterocycles. The van der Waals surface area contributed by atoms with Gasteiger partial charge in [0.15, 0.2) is 16.9 Å². The van der Waals surface area contributed by atoms with Gasteiger partial charge in [0.1, 0.15) is 11.3 Å². The molecule has 5 nitrogen and oxygen atoms in total. The van der Waals surface area contributed by atoms with Crippen LogP contribution in [0.25, 0.3) is 38.8 Å². The van der Waals surface area contributed by atoms with Gasteiger partial charge >= 0.3 is 0 Å². The molecule has 0 amide bonds. The molecule has 1 fully saturated rings. The van der Waals surface area contributed by atoms with Crippen LogP contribution in [0.2, 0.25) is 0 Å². The number of benzene rings is 5. The Labute approximate surface area is 257 Å². The quantitative estimate of drug-likeness (QED) is 0.203.